The zero-order valence-electron chi connectivity index (χ0n) is 32.1. The van der Waals surface area contributed by atoms with Gasteiger partial charge in [0, 0.05) is 29.0 Å². The molecule has 2 N–H and O–H groups in total. The van der Waals surface area contributed by atoms with E-state index in [1.54, 1.807) is 0 Å². The molecule has 268 valence electrons. The van der Waals surface area contributed by atoms with Crippen LogP contribution in [0.4, 0.5) is 0 Å². The van der Waals surface area contributed by atoms with Crippen LogP contribution in [0.1, 0.15) is 126 Å². The first-order valence-corrected chi connectivity index (χ1v) is 18.4. The summed E-state index contributed by atoms with van der Waals surface area (Å²) in [5.41, 5.74) is 14.5. The average Bonchev–Trinajstić information content (AvgIpc) is 3.98. The van der Waals surface area contributed by atoms with Crippen LogP contribution in [0.3, 0.4) is 0 Å². The molecule has 0 aliphatic heterocycles. The number of Topliss-reactive ketones (excluding diaryl/α,β-unsaturated/α-hetero) is 2. The van der Waals surface area contributed by atoms with Gasteiger partial charge in [0.1, 0.15) is 0 Å². The number of aryl methyl sites for hydroxylation is 2. The Bertz CT molecular complexity index is 1550. The molecule has 2 aliphatic rings. The van der Waals surface area contributed by atoms with Crippen molar-refractivity contribution in [2.45, 2.75) is 119 Å². The molecule has 0 atom stereocenters. The molecule has 2 aliphatic carbocycles. The molecule has 0 bridgehead atoms. The normalized spacial score (nSPS) is 14.2. The number of hydrogen-bond donors (Lipinski definition) is 1. The van der Waals surface area contributed by atoms with Crippen molar-refractivity contribution in [3.05, 3.63) is 142 Å². The summed E-state index contributed by atoms with van der Waals surface area (Å²) in [5.74, 6) is 0.947. The Labute approximate surface area is 304 Å². The maximum Gasteiger partial charge on any atom is 0.165 e. The van der Waals surface area contributed by atoms with Crippen LogP contribution in [0.2, 0.25) is 0 Å². The minimum atomic E-state index is -0.100. The zero-order chi connectivity index (χ0) is 37.5. The fourth-order valence-corrected chi connectivity index (χ4v) is 5.06. The summed E-state index contributed by atoms with van der Waals surface area (Å²) in [6.07, 6.45) is 12.8. The second-order valence-corrected chi connectivity index (χ2v) is 12.9. The van der Waals surface area contributed by atoms with Crippen molar-refractivity contribution in [2.75, 3.05) is 0 Å². The summed E-state index contributed by atoms with van der Waals surface area (Å²) in [4.78, 5) is 22.4. The fraction of sp³-hybridized carbons (Fsp3) is 0.413. The Morgan fingerprint density at radius 2 is 1.48 bits per heavy atom. The third-order valence-corrected chi connectivity index (χ3v) is 8.72. The molecule has 0 radical (unpaired) electrons. The van der Waals surface area contributed by atoms with Crippen LogP contribution >= 0.6 is 0 Å². The fourth-order valence-electron chi connectivity index (χ4n) is 5.06. The molecule has 0 spiro atoms. The van der Waals surface area contributed by atoms with Gasteiger partial charge in [0.25, 0.3) is 0 Å². The first-order chi connectivity index (χ1) is 24.0. The number of carbonyl (C=O) groups excluding carboxylic acids is 2. The molecule has 2 saturated carbocycles. The molecule has 4 heteroatoms. The number of hydrogen-bond acceptors (Lipinski definition) is 4. The van der Waals surface area contributed by atoms with Crippen molar-refractivity contribution >= 4 is 11.6 Å². The van der Waals surface area contributed by atoms with Gasteiger partial charge < -0.3 is 5.73 Å². The van der Waals surface area contributed by atoms with E-state index in [1.165, 1.54) is 28.7 Å². The van der Waals surface area contributed by atoms with Crippen LogP contribution in [0.15, 0.2) is 114 Å². The van der Waals surface area contributed by atoms with Crippen molar-refractivity contribution in [1.29, 1.82) is 5.26 Å². The lowest BCUT2D eigenvalue weighted by atomic mass is 9.72. The SMILES string of the molecule is C/C=C(\C)C(=O)CCC.C=C(C#N)/C(=C/CC)Cc1ccc(C2(N)CCC2)cc1.CC.Cc1ccc(C(=O)C2CC2)cc1.Cc1ccccc1. The molecule has 3 aromatic carbocycles. The van der Waals surface area contributed by atoms with Crippen LogP contribution in [0.5, 0.6) is 0 Å². The van der Waals surface area contributed by atoms with Gasteiger partial charge in [-0.05, 0) is 101 Å². The van der Waals surface area contributed by atoms with E-state index in [0.29, 0.717) is 23.7 Å². The molecular weight excluding hydrogens is 613 g/mol. The molecule has 50 heavy (non-hydrogen) atoms. The number of nitrogens with zero attached hydrogens (tertiary/aromatic N) is 1. The molecule has 0 saturated heterocycles. The molecule has 0 aromatic heterocycles. The molecule has 3 aromatic rings. The van der Waals surface area contributed by atoms with Crippen LogP contribution in [0, 0.1) is 31.1 Å². The smallest absolute Gasteiger partial charge is 0.165 e. The molecule has 0 unspecified atom stereocenters. The Morgan fingerprint density at radius 1 is 0.920 bits per heavy atom. The third-order valence-electron chi connectivity index (χ3n) is 8.72. The highest BCUT2D eigenvalue weighted by atomic mass is 16.1. The first kappa shape index (κ1) is 43.7. The largest absolute Gasteiger partial charge is 0.321 e. The van der Waals surface area contributed by atoms with Crippen LogP contribution < -0.4 is 5.73 Å². The Kier molecular flexibility index (Phi) is 20.9. The number of carbonyl (C=O) groups is 2. The van der Waals surface area contributed by atoms with Crippen molar-refractivity contribution < 1.29 is 9.59 Å². The number of ketones is 2. The minimum absolute atomic E-state index is 0.100. The van der Waals surface area contributed by atoms with E-state index >= 15 is 0 Å². The predicted molar refractivity (Wildman–Crippen MR) is 213 cm³/mol. The number of rotatable bonds is 10. The molecule has 2 fully saturated rings. The second-order valence-electron chi connectivity index (χ2n) is 12.9. The van der Waals surface area contributed by atoms with E-state index in [-0.39, 0.29) is 11.3 Å². The quantitative estimate of drug-likeness (QED) is 0.100. The topological polar surface area (TPSA) is 83.9 Å². The van der Waals surface area contributed by atoms with Crippen molar-refractivity contribution in [3.8, 4) is 6.07 Å². The average molecular weight is 675 g/mol. The van der Waals surface area contributed by atoms with Gasteiger partial charge in [-0.1, -0.05) is 136 Å². The summed E-state index contributed by atoms with van der Waals surface area (Å²) in [7, 11) is 0. The number of nitriles is 1. The van der Waals surface area contributed by atoms with Gasteiger partial charge in [-0.25, -0.2) is 0 Å². The summed E-state index contributed by atoms with van der Waals surface area (Å²) in [6, 6.07) is 28.8. The molecule has 5 rings (SSSR count). The zero-order valence-corrected chi connectivity index (χ0v) is 32.1. The van der Waals surface area contributed by atoms with Gasteiger partial charge >= 0.3 is 0 Å². The number of benzene rings is 3. The van der Waals surface area contributed by atoms with Gasteiger partial charge in [0.05, 0.1) is 6.07 Å². The van der Waals surface area contributed by atoms with Crippen molar-refractivity contribution in [1.82, 2.24) is 0 Å². The lowest BCUT2D eigenvalue weighted by Gasteiger charge is -2.38. The van der Waals surface area contributed by atoms with Gasteiger partial charge in [-0.3, -0.25) is 9.59 Å². The van der Waals surface area contributed by atoms with E-state index in [0.717, 1.165) is 61.7 Å². The van der Waals surface area contributed by atoms with Gasteiger partial charge in [0.15, 0.2) is 11.6 Å². The van der Waals surface area contributed by atoms with Crippen molar-refractivity contribution in [2.24, 2.45) is 11.7 Å². The molecule has 0 amide bonds. The highest BCUT2D eigenvalue weighted by Crippen LogP contribution is 2.38. The predicted octanol–water partition coefficient (Wildman–Crippen LogP) is 11.9. The standard InChI is InChI=1S/C18H22N2.C11H12O.C8H14O.C7H8.C2H6/c1-3-5-16(14(2)13-19)12-15-6-8-17(9-7-15)18(20)10-4-11-18;1-8-2-4-9(5-3-8)11(12)10-6-7-10;1-4-6-8(9)7(3)5-2;1-7-5-3-2-4-6-7;1-2/h5-9H,2-4,10-12,20H2,1H3;2-5,10H,6-7H2,1H3;5H,4,6H2,1-3H3;2-6H,1H3;1-2H3/b16-5+;;7-5+;;. The first-order valence-electron chi connectivity index (χ1n) is 18.4. The van der Waals surface area contributed by atoms with Crippen LogP contribution in [0.25, 0.3) is 0 Å². The van der Waals surface area contributed by atoms with Gasteiger partial charge in [-0.2, -0.15) is 5.26 Å². The monoisotopic (exact) mass is 674 g/mol. The lowest BCUT2D eigenvalue weighted by molar-refractivity contribution is -0.115. The molecular formula is C46H62N2O2. The second kappa shape index (κ2) is 23.9. The summed E-state index contributed by atoms with van der Waals surface area (Å²) in [6.45, 7) is 19.8. The Morgan fingerprint density at radius 3 is 1.88 bits per heavy atom. The molecule has 4 nitrogen and oxygen atoms in total. The highest BCUT2D eigenvalue weighted by molar-refractivity contribution is 5.99. The summed E-state index contributed by atoms with van der Waals surface area (Å²) >= 11 is 0. The molecule has 0 heterocycles. The van der Waals surface area contributed by atoms with Gasteiger partial charge in [0.2, 0.25) is 0 Å². The Balaban J connectivity index is 0.000000355. The highest BCUT2D eigenvalue weighted by Gasteiger charge is 2.34. The maximum absolute atomic E-state index is 11.5. The van der Waals surface area contributed by atoms with Gasteiger partial charge in [-0.15, -0.1) is 0 Å². The number of allylic oxidation sites excluding steroid dienone is 5. The summed E-state index contributed by atoms with van der Waals surface area (Å²) in [5, 5.41) is 8.99. The van der Waals surface area contributed by atoms with Crippen LogP contribution in [-0.4, -0.2) is 11.6 Å². The van der Waals surface area contributed by atoms with E-state index in [1.807, 2.05) is 90.1 Å². The van der Waals surface area contributed by atoms with E-state index in [2.05, 4.69) is 69.0 Å². The lowest BCUT2D eigenvalue weighted by Crippen LogP contribution is -2.43. The van der Waals surface area contributed by atoms with E-state index in [9.17, 15) is 9.59 Å². The van der Waals surface area contributed by atoms with E-state index in [4.69, 9.17) is 11.0 Å². The minimum Gasteiger partial charge on any atom is -0.321 e. The van der Waals surface area contributed by atoms with Crippen molar-refractivity contribution in [3.63, 3.8) is 0 Å². The van der Waals surface area contributed by atoms with Crippen LogP contribution in [-0.2, 0) is 16.8 Å². The number of nitrogens with two attached hydrogens (primary N) is 1. The third kappa shape index (κ3) is 15.9. The summed E-state index contributed by atoms with van der Waals surface area (Å²) < 4.78 is 0. The van der Waals surface area contributed by atoms with E-state index < -0.39 is 0 Å². The Hall–Kier alpha value is -4.33. The maximum atomic E-state index is 11.5.